The van der Waals surface area contributed by atoms with Crippen molar-refractivity contribution < 1.29 is 14.3 Å². The van der Waals surface area contributed by atoms with Gasteiger partial charge in [0.2, 0.25) is 0 Å². The molecule has 4 aromatic carbocycles. The second kappa shape index (κ2) is 11.6. The molecular formula is C35H34N4O3. The second-order valence-electron chi connectivity index (χ2n) is 10.8. The fourth-order valence-corrected chi connectivity index (χ4v) is 6.09. The molecule has 0 bridgehead atoms. The van der Waals surface area contributed by atoms with Crippen molar-refractivity contribution in [1.29, 1.82) is 0 Å². The van der Waals surface area contributed by atoms with Gasteiger partial charge < -0.3 is 4.74 Å². The van der Waals surface area contributed by atoms with E-state index in [2.05, 4.69) is 6.92 Å². The van der Waals surface area contributed by atoms with Crippen LogP contribution in [0, 0.1) is 11.8 Å². The molecule has 0 spiro atoms. The minimum Gasteiger partial charge on any atom is -0.493 e. The summed E-state index contributed by atoms with van der Waals surface area (Å²) in [7, 11) is 0. The minimum absolute atomic E-state index is 0.171. The molecule has 2 aliphatic heterocycles. The van der Waals surface area contributed by atoms with E-state index in [9.17, 15) is 9.59 Å². The van der Waals surface area contributed by atoms with Gasteiger partial charge in [-0.3, -0.25) is 9.59 Å². The molecule has 212 valence electrons. The summed E-state index contributed by atoms with van der Waals surface area (Å²) in [5, 5.41) is 14.4. The van der Waals surface area contributed by atoms with E-state index in [1.54, 1.807) is 0 Å². The Kier molecular flexibility index (Phi) is 7.57. The van der Waals surface area contributed by atoms with Crippen LogP contribution in [0.4, 0.5) is 11.4 Å². The van der Waals surface area contributed by atoms with Crippen molar-refractivity contribution in [1.82, 2.24) is 0 Å². The maximum absolute atomic E-state index is 14.4. The molecule has 0 N–H and O–H groups in total. The number of anilines is 2. The molecular weight excluding hydrogens is 524 g/mol. The van der Waals surface area contributed by atoms with E-state index in [0.717, 1.165) is 29.2 Å². The first kappa shape index (κ1) is 27.4. The van der Waals surface area contributed by atoms with Crippen molar-refractivity contribution in [2.24, 2.45) is 22.0 Å². The van der Waals surface area contributed by atoms with Gasteiger partial charge in [-0.1, -0.05) is 80.1 Å². The van der Waals surface area contributed by atoms with Crippen molar-refractivity contribution in [3.05, 3.63) is 103 Å². The normalized spacial score (nSPS) is 19.3. The molecule has 7 nitrogen and oxygen atoms in total. The van der Waals surface area contributed by atoms with Crippen LogP contribution in [0.15, 0.2) is 107 Å². The Labute approximate surface area is 246 Å². The van der Waals surface area contributed by atoms with E-state index in [4.69, 9.17) is 14.9 Å². The molecule has 0 aliphatic carbocycles. The van der Waals surface area contributed by atoms with Gasteiger partial charge in [0.05, 0.1) is 29.8 Å². The first-order valence-corrected chi connectivity index (χ1v) is 14.5. The van der Waals surface area contributed by atoms with Gasteiger partial charge in [0, 0.05) is 22.9 Å². The number of hydrazone groups is 2. The molecule has 2 aliphatic rings. The van der Waals surface area contributed by atoms with Gasteiger partial charge in [-0.15, -0.1) is 0 Å². The van der Waals surface area contributed by atoms with Crippen LogP contribution in [0.2, 0.25) is 0 Å². The average molecular weight is 559 g/mol. The first-order chi connectivity index (χ1) is 20.5. The van der Waals surface area contributed by atoms with Crippen LogP contribution in [0.25, 0.3) is 10.8 Å². The first-order valence-electron chi connectivity index (χ1n) is 14.5. The highest BCUT2D eigenvalue weighted by atomic mass is 16.5. The molecule has 0 saturated heterocycles. The van der Waals surface area contributed by atoms with Gasteiger partial charge >= 0.3 is 0 Å². The van der Waals surface area contributed by atoms with Crippen molar-refractivity contribution in [3.63, 3.8) is 0 Å². The van der Waals surface area contributed by atoms with Gasteiger partial charge in [0.1, 0.15) is 5.75 Å². The van der Waals surface area contributed by atoms with Crippen LogP contribution in [0.3, 0.4) is 0 Å². The van der Waals surface area contributed by atoms with Crippen molar-refractivity contribution in [2.45, 2.75) is 39.5 Å². The summed E-state index contributed by atoms with van der Waals surface area (Å²) >= 11 is 0. The molecule has 2 amide bonds. The van der Waals surface area contributed by atoms with Gasteiger partial charge in [-0.25, -0.2) is 10.0 Å². The Morgan fingerprint density at radius 1 is 0.714 bits per heavy atom. The highest BCUT2D eigenvalue weighted by Gasteiger charge is 2.51. The number of amides is 2. The lowest BCUT2D eigenvalue weighted by Gasteiger charge is -2.31. The summed E-state index contributed by atoms with van der Waals surface area (Å²) in [4.78, 5) is 28.7. The lowest BCUT2D eigenvalue weighted by molar-refractivity contribution is -0.122. The van der Waals surface area contributed by atoms with Gasteiger partial charge in [-0.2, -0.15) is 10.2 Å². The van der Waals surface area contributed by atoms with Gasteiger partial charge in [0.25, 0.3) is 11.8 Å². The number of nitrogens with zero attached hydrogens (tertiary/aromatic N) is 4. The Balaban J connectivity index is 1.54. The van der Waals surface area contributed by atoms with Crippen LogP contribution in [-0.2, 0) is 9.59 Å². The van der Waals surface area contributed by atoms with Gasteiger partial charge in [0.15, 0.2) is 0 Å². The summed E-state index contributed by atoms with van der Waals surface area (Å²) in [5.74, 6) is -1.64. The van der Waals surface area contributed by atoms with Crippen molar-refractivity contribution >= 4 is 45.4 Å². The summed E-state index contributed by atoms with van der Waals surface area (Å²) in [5.41, 5.74) is 3.53. The number of rotatable bonds is 9. The number of carbonyl (C=O) groups excluding carboxylic acids is 2. The number of hydrogen-bond donors (Lipinski definition) is 0. The van der Waals surface area contributed by atoms with Crippen LogP contribution in [0.1, 0.15) is 45.1 Å². The number of fused-ring (bicyclic) bond motifs is 1. The molecule has 2 atom stereocenters. The number of unbranched alkanes of at least 4 members (excludes halogenated alkanes) is 1. The maximum atomic E-state index is 14.4. The zero-order valence-electron chi connectivity index (χ0n) is 24.1. The smallest absolute Gasteiger partial charge is 0.256 e. The SMILES string of the molecule is CCCCOc1ccc2ccccc2c1C(C1C(=O)N(c2ccccc2)N=C1C)C1C(=O)N(c2ccccc2)N=C1C. The second-order valence-corrected chi connectivity index (χ2v) is 10.8. The van der Waals surface area contributed by atoms with E-state index < -0.39 is 17.8 Å². The molecule has 4 aromatic rings. The van der Waals surface area contributed by atoms with Gasteiger partial charge in [-0.05, 0) is 61.4 Å². The molecule has 0 fully saturated rings. The van der Waals surface area contributed by atoms with E-state index in [-0.39, 0.29) is 11.8 Å². The fourth-order valence-electron chi connectivity index (χ4n) is 6.09. The van der Waals surface area contributed by atoms with Crippen LogP contribution < -0.4 is 14.8 Å². The molecule has 42 heavy (non-hydrogen) atoms. The Hall–Kier alpha value is -4.78. The van der Waals surface area contributed by atoms with E-state index in [1.165, 1.54) is 10.0 Å². The fraction of sp³-hybridized carbons (Fsp3) is 0.257. The highest BCUT2D eigenvalue weighted by molar-refractivity contribution is 6.20. The highest BCUT2D eigenvalue weighted by Crippen LogP contribution is 2.47. The van der Waals surface area contributed by atoms with Crippen LogP contribution in [-0.4, -0.2) is 29.8 Å². The zero-order valence-corrected chi connectivity index (χ0v) is 24.1. The van der Waals surface area contributed by atoms with Crippen LogP contribution >= 0.6 is 0 Å². The third-order valence-corrected chi connectivity index (χ3v) is 8.10. The average Bonchev–Trinajstić information content (AvgIpc) is 3.48. The predicted octanol–water partition coefficient (Wildman–Crippen LogP) is 7.18. The lowest BCUT2D eigenvalue weighted by atomic mass is 9.71. The zero-order chi connectivity index (χ0) is 29.2. The van der Waals surface area contributed by atoms with E-state index >= 15 is 0 Å². The number of ether oxygens (including phenoxy) is 1. The summed E-state index contributed by atoms with van der Waals surface area (Å²) < 4.78 is 6.42. The molecule has 0 saturated carbocycles. The quantitative estimate of drug-likeness (QED) is 0.204. The maximum Gasteiger partial charge on any atom is 0.256 e. The van der Waals surface area contributed by atoms with E-state index in [1.807, 2.05) is 111 Å². The number of benzene rings is 4. The monoisotopic (exact) mass is 558 g/mol. The number of carbonyl (C=O) groups is 2. The molecule has 0 radical (unpaired) electrons. The Bertz CT molecular complexity index is 1600. The Morgan fingerprint density at radius 2 is 1.24 bits per heavy atom. The summed E-state index contributed by atoms with van der Waals surface area (Å²) in [6.07, 6.45) is 1.89. The molecule has 6 rings (SSSR count). The third kappa shape index (κ3) is 4.85. The number of hydrogen-bond acceptors (Lipinski definition) is 5. The number of para-hydroxylation sites is 2. The molecule has 2 unspecified atom stereocenters. The predicted molar refractivity (Wildman–Crippen MR) is 168 cm³/mol. The molecule has 2 heterocycles. The van der Waals surface area contributed by atoms with Crippen LogP contribution in [0.5, 0.6) is 5.75 Å². The standard InChI is InChI=1S/C35H34N4O3/c1-4-5-22-42-29-21-20-25-14-12-13-19-28(25)32(29)33(30-23(2)36-38(34(30)40)26-15-8-6-9-16-26)31-24(3)37-39(35(31)41)27-17-10-7-11-18-27/h6-21,30-31,33H,4-5,22H2,1-3H3. The van der Waals surface area contributed by atoms with Crippen molar-refractivity contribution in [2.75, 3.05) is 16.6 Å². The van der Waals surface area contributed by atoms with E-state index in [0.29, 0.717) is 35.2 Å². The topological polar surface area (TPSA) is 74.6 Å². The third-order valence-electron chi connectivity index (χ3n) is 8.10. The molecule has 7 heteroatoms. The van der Waals surface area contributed by atoms with Crippen molar-refractivity contribution in [3.8, 4) is 5.75 Å². The molecule has 0 aromatic heterocycles. The minimum atomic E-state index is -0.695. The summed E-state index contributed by atoms with van der Waals surface area (Å²) in [6.45, 7) is 6.42. The Morgan fingerprint density at radius 3 is 1.79 bits per heavy atom. The lowest BCUT2D eigenvalue weighted by Crippen LogP contribution is -2.40. The largest absolute Gasteiger partial charge is 0.493 e. The summed E-state index contributed by atoms with van der Waals surface area (Å²) in [6, 6.07) is 30.9.